The zero-order chi connectivity index (χ0) is 43.9. The Bertz CT molecular complexity index is 3650. The van der Waals surface area contributed by atoms with Crippen molar-refractivity contribution in [3.63, 3.8) is 0 Å². The van der Waals surface area contributed by atoms with Crippen LogP contribution in [0.3, 0.4) is 0 Å². The van der Waals surface area contributed by atoms with E-state index in [1.165, 1.54) is 60.7 Å². The molecule has 0 atom stereocenters. The molecule has 4 heterocycles. The highest BCUT2D eigenvalue weighted by atomic mass is 16.6. The van der Waals surface area contributed by atoms with Gasteiger partial charge in [-0.2, -0.15) is 0 Å². The molecule has 0 N–H and O–H groups in total. The smallest absolute Gasteiger partial charge is 0.333 e. The van der Waals surface area contributed by atoms with Crippen molar-refractivity contribution >= 4 is 78.9 Å². The predicted molar refractivity (Wildman–Crippen MR) is 270 cm³/mol. The van der Waals surface area contributed by atoms with Crippen molar-refractivity contribution in [1.29, 1.82) is 0 Å². The number of hydrogen-bond acceptors (Lipinski definition) is 5. The van der Waals surface area contributed by atoms with Crippen LogP contribution in [-0.2, 0) is 5.41 Å². The highest BCUT2D eigenvalue weighted by molar-refractivity contribution is 6.94. The van der Waals surface area contributed by atoms with Crippen LogP contribution in [0.15, 0.2) is 168 Å². The molecule has 0 aliphatic carbocycles. The lowest BCUT2D eigenvalue weighted by molar-refractivity contribution is 0.360. The second-order valence-electron chi connectivity index (χ2n) is 19.1. The summed E-state index contributed by atoms with van der Waals surface area (Å²) in [5.74, 6) is 2.76. The van der Waals surface area contributed by atoms with Gasteiger partial charge in [0.25, 0.3) is 0 Å². The van der Waals surface area contributed by atoms with Gasteiger partial charge in [0.2, 0.25) is 0 Å². The summed E-state index contributed by atoms with van der Waals surface area (Å²) in [4.78, 5) is 5.05. The highest BCUT2D eigenvalue weighted by Crippen LogP contribution is 2.54. The van der Waals surface area contributed by atoms with Crippen LogP contribution in [0, 0.1) is 20.8 Å². The van der Waals surface area contributed by atoms with E-state index in [4.69, 9.17) is 13.9 Å². The van der Waals surface area contributed by atoms with E-state index in [1.807, 2.05) is 30.3 Å². The second kappa shape index (κ2) is 13.7. The number of anilines is 5. The van der Waals surface area contributed by atoms with E-state index in [0.717, 1.165) is 55.8 Å². The average Bonchev–Trinajstić information content (AvgIpc) is 3.69. The van der Waals surface area contributed by atoms with E-state index in [0.29, 0.717) is 23.0 Å². The number of hydrogen-bond donors (Lipinski definition) is 0. The van der Waals surface area contributed by atoms with Gasteiger partial charge in [-0.3, -0.25) is 0 Å². The Balaban J connectivity index is 1.19. The van der Waals surface area contributed by atoms with Crippen molar-refractivity contribution in [2.24, 2.45) is 0 Å². The number of aryl methyl sites for hydroxylation is 3. The van der Waals surface area contributed by atoms with Crippen molar-refractivity contribution in [2.45, 2.75) is 47.0 Å². The lowest BCUT2D eigenvalue weighted by Crippen LogP contribution is -2.61. The lowest BCUT2D eigenvalue weighted by Gasteiger charge is -2.46. The van der Waals surface area contributed by atoms with Crippen molar-refractivity contribution in [3.05, 3.63) is 186 Å². The van der Waals surface area contributed by atoms with Gasteiger partial charge < -0.3 is 23.6 Å². The van der Waals surface area contributed by atoms with Crippen LogP contribution in [0.4, 0.5) is 28.4 Å². The number of para-hydroxylation sites is 4. The molecule has 0 radical (unpaired) electrons. The van der Waals surface area contributed by atoms with Crippen LogP contribution in [0.25, 0.3) is 55.0 Å². The molecule has 0 amide bonds. The first-order valence-corrected chi connectivity index (χ1v) is 22.6. The molecule has 312 valence electrons. The third kappa shape index (κ3) is 5.59. The van der Waals surface area contributed by atoms with E-state index in [1.54, 1.807) is 0 Å². The summed E-state index contributed by atoms with van der Waals surface area (Å²) in [6.07, 6.45) is 0. The minimum atomic E-state index is -0.300. The minimum Gasteiger partial charge on any atom is -0.454 e. The molecule has 6 heteroatoms. The third-order valence-corrected chi connectivity index (χ3v) is 14.0. The Labute approximate surface area is 379 Å². The topological polar surface area (TPSA) is 38.1 Å². The summed E-state index contributed by atoms with van der Waals surface area (Å²) >= 11 is 0. The fourth-order valence-electron chi connectivity index (χ4n) is 10.9. The number of benzene rings is 9. The predicted octanol–water partition coefficient (Wildman–Crippen LogP) is 15.2. The van der Waals surface area contributed by atoms with E-state index in [-0.39, 0.29) is 12.3 Å². The maximum atomic E-state index is 6.94. The number of ether oxygens (including phenoxy) is 2. The first-order valence-electron chi connectivity index (χ1n) is 22.6. The zero-order valence-electron chi connectivity index (χ0n) is 37.3. The van der Waals surface area contributed by atoms with Crippen molar-refractivity contribution in [3.8, 4) is 45.3 Å². The van der Waals surface area contributed by atoms with E-state index >= 15 is 0 Å². The Morgan fingerprint density at radius 2 is 1.15 bits per heavy atom. The van der Waals surface area contributed by atoms with Gasteiger partial charge in [0, 0.05) is 45.2 Å². The molecule has 0 unspecified atom stereocenters. The minimum absolute atomic E-state index is 0.0159. The van der Waals surface area contributed by atoms with E-state index < -0.39 is 0 Å². The average molecular weight is 841 g/mol. The Hall–Kier alpha value is -7.70. The molecule has 0 bridgehead atoms. The molecule has 0 spiro atoms. The van der Waals surface area contributed by atoms with Crippen LogP contribution in [0.2, 0.25) is 0 Å². The van der Waals surface area contributed by atoms with Crippen molar-refractivity contribution in [1.82, 2.24) is 0 Å². The number of fused-ring (bicyclic) bond motifs is 10. The molecule has 5 nitrogen and oxygen atoms in total. The highest BCUT2D eigenvalue weighted by Gasteiger charge is 2.47. The van der Waals surface area contributed by atoms with Crippen LogP contribution in [0.5, 0.6) is 23.0 Å². The summed E-state index contributed by atoms with van der Waals surface area (Å²) < 4.78 is 20.5. The maximum absolute atomic E-state index is 6.94. The zero-order valence-corrected chi connectivity index (χ0v) is 37.3. The number of rotatable bonds is 3. The van der Waals surface area contributed by atoms with Gasteiger partial charge in [0.1, 0.15) is 5.58 Å². The molecule has 0 saturated carbocycles. The summed E-state index contributed by atoms with van der Waals surface area (Å²) in [7, 11) is 0. The lowest BCUT2D eigenvalue weighted by atomic mass is 9.43. The second-order valence-corrected chi connectivity index (χ2v) is 19.1. The summed E-state index contributed by atoms with van der Waals surface area (Å²) in [5, 5.41) is 4.55. The number of nitrogens with zero attached hydrogens (tertiary/aromatic N) is 2. The SMILES string of the molecule is Cc1cc(C(C)(C)C)ccc1N1c2cc3c(cc2B2c4c(cc(-c5c(C)cccc5C)cc41)-c1cc4ccccc4cc1N2c1cccc2c1oc1ccccc12)Oc1ccccc1O3. The molecule has 65 heavy (non-hydrogen) atoms. The molecule has 3 aliphatic heterocycles. The van der Waals surface area contributed by atoms with Gasteiger partial charge in [-0.15, -0.1) is 0 Å². The third-order valence-electron chi connectivity index (χ3n) is 14.0. The van der Waals surface area contributed by atoms with Gasteiger partial charge in [0.15, 0.2) is 28.6 Å². The molecular weight excluding hydrogens is 795 g/mol. The van der Waals surface area contributed by atoms with Gasteiger partial charge >= 0.3 is 6.85 Å². The first-order chi connectivity index (χ1) is 31.6. The molecular formula is C59H45BN2O3. The molecule has 1 aromatic heterocycles. The molecule has 13 rings (SSSR count). The van der Waals surface area contributed by atoms with Crippen LogP contribution < -0.4 is 30.1 Å². The van der Waals surface area contributed by atoms with E-state index in [2.05, 4.69) is 185 Å². The Morgan fingerprint density at radius 1 is 0.477 bits per heavy atom. The largest absolute Gasteiger partial charge is 0.454 e. The molecule has 0 saturated heterocycles. The fourth-order valence-corrected chi connectivity index (χ4v) is 10.9. The van der Waals surface area contributed by atoms with Gasteiger partial charge in [-0.1, -0.05) is 118 Å². The monoisotopic (exact) mass is 840 g/mol. The van der Waals surface area contributed by atoms with E-state index in [9.17, 15) is 0 Å². The quantitative estimate of drug-likeness (QED) is 0.166. The van der Waals surface area contributed by atoms with Crippen LogP contribution >= 0.6 is 0 Å². The molecule has 10 aromatic rings. The normalized spacial score (nSPS) is 13.5. The number of furan rings is 1. The summed E-state index contributed by atoms with van der Waals surface area (Å²) in [6.45, 7) is 13.3. The fraction of sp³-hybridized carbons (Fsp3) is 0.119. The molecule has 3 aliphatic rings. The van der Waals surface area contributed by atoms with Gasteiger partial charge in [0.05, 0.1) is 5.69 Å². The Kier molecular flexibility index (Phi) is 7.95. The van der Waals surface area contributed by atoms with Crippen LogP contribution in [-0.4, -0.2) is 6.85 Å². The van der Waals surface area contributed by atoms with Gasteiger partial charge in [-0.25, -0.2) is 0 Å². The van der Waals surface area contributed by atoms with Crippen molar-refractivity contribution in [2.75, 3.05) is 9.71 Å². The van der Waals surface area contributed by atoms with Crippen molar-refractivity contribution < 1.29 is 13.9 Å². The summed E-state index contributed by atoms with van der Waals surface area (Å²) in [5.41, 5.74) is 19.2. The van der Waals surface area contributed by atoms with Crippen LogP contribution in [0.1, 0.15) is 43.0 Å². The molecule has 0 fully saturated rings. The molecule has 9 aromatic carbocycles. The standard InChI is InChI=1S/C59H45BN2O3/c1-34-15-13-16-35(2)56(34)39-29-44-43-28-37-17-7-8-18-38(37)30-48(43)62(47-21-14-20-42-41-19-9-10-22-51(41)65-58(42)47)60-45-32-54-55(64-53-24-12-11-23-52(53)63-54)33-49(45)61(50(31-39)57(44)60)46-26-25-40(27-36(46)3)59(4,5)6/h7-33H,1-6H3. The first kappa shape index (κ1) is 37.8. The summed E-state index contributed by atoms with van der Waals surface area (Å²) in [6, 6.07) is 59.4. The van der Waals surface area contributed by atoms with Gasteiger partial charge in [-0.05, 0) is 147 Å². The maximum Gasteiger partial charge on any atom is 0.333 e. The Morgan fingerprint density at radius 3 is 1.91 bits per heavy atom.